The fraction of sp³-hybridized carbons (Fsp3) is 0.304. The second kappa shape index (κ2) is 7.91. The zero-order valence-electron chi connectivity index (χ0n) is 16.1. The number of carbonyl (C=O) groups excluding carboxylic acids is 2. The quantitative estimate of drug-likeness (QED) is 0.449. The average Bonchev–Trinajstić information content (AvgIpc) is 3.35. The van der Waals surface area contributed by atoms with E-state index in [1.54, 1.807) is 48.4 Å². The predicted molar refractivity (Wildman–Crippen MR) is 111 cm³/mol. The molecule has 1 aliphatic heterocycles. The minimum atomic E-state index is -0.648. The van der Waals surface area contributed by atoms with Crippen LogP contribution in [0.1, 0.15) is 42.9 Å². The lowest BCUT2D eigenvalue weighted by molar-refractivity contribution is -0.141. The predicted octanol–water partition coefficient (Wildman–Crippen LogP) is 4.71. The summed E-state index contributed by atoms with van der Waals surface area (Å²) in [5.74, 6) is -0.731. The maximum Gasteiger partial charge on any atom is 0.295 e. The van der Waals surface area contributed by atoms with Gasteiger partial charge in [0.1, 0.15) is 11.5 Å². The minimum absolute atomic E-state index is 0.00621. The number of Topliss-reactive ketones (excluding diaryl/α,β-unsaturated/α-hetero) is 1. The number of halogens is 1. The first-order valence-corrected chi connectivity index (χ1v) is 10.1. The lowest BCUT2D eigenvalue weighted by atomic mass is 9.94. The molecule has 1 aliphatic carbocycles. The lowest BCUT2D eigenvalue weighted by Gasteiger charge is -2.30. The summed E-state index contributed by atoms with van der Waals surface area (Å²) in [6.07, 6.45) is 3.78. The summed E-state index contributed by atoms with van der Waals surface area (Å²) >= 11 is 6.04. The molecule has 150 valence electrons. The standard InChI is InChI=1S/C23H22ClNO4/c1-29-18-12-8-15(9-13-18)21(26)19-20(14-6-10-16(24)11-7-14)25(23(28)22(19)27)17-4-2-3-5-17/h6-13,17,20,26H,2-5H2,1H3/b21-19-. The Bertz CT molecular complexity index is 959. The van der Waals surface area contributed by atoms with E-state index in [0.717, 1.165) is 31.2 Å². The first-order chi connectivity index (χ1) is 14.0. The normalized spacial score (nSPS) is 21.7. The van der Waals surface area contributed by atoms with E-state index in [-0.39, 0.29) is 17.4 Å². The van der Waals surface area contributed by atoms with E-state index in [1.165, 1.54) is 0 Å². The number of rotatable bonds is 4. The molecule has 2 aromatic rings. The van der Waals surface area contributed by atoms with Crippen molar-refractivity contribution >= 4 is 29.1 Å². The fourth-order valence-corrected chi connectivity index (χ4v) is 4.41. The van der Waals surface area contributed by atoms with Gasteiger partial charge in [-0.05, 0) is 54.8 Å². The van der Waals surface area contributed by atoms with Crippen LogP contribution in [0.2, 0.25) is 5.02 Å². The summed E-state index contributed by atoms with van der Waals surface area (Å²) in [5.41, 5.74) is 1.35. The van der Waals surface area contributed by atoms with Gasteiger partial charge in [-0.3, -0.25) is 9.59 Å². The highest BCUT2D eigenvalue weighted by Gasteiger charge is 2.49. The van der Waals surface area contributed by atoms with Gasteiger partial charge in [-0.2, -0.15) is 0 Å². The topological polar surface area (TPSA) is 66.8 Å². The van der Waals surface area contributed by atoms with Crippen molar-refractivity contribution in [2.45, 2.75) is 37.8 Å². The molecule has 1 N–H and O–H groups in total. The van der Waals surface area contributed by atoms with Gasteiger partial charge in [-0.25, -0.2) is 0 Å². The zero-order valence-corrected chi connectivity index (χ0v) is 16.9. The largest absolute Gasteiger partial charge is 0.507 e. The molecule has 1 heterocycles. The van der Waals surface area contributed by atoms with E-state index in [0.29, 0.717) is 16.3 Å². The van der Waals surface area contributed by atoms with E-state index < -0.39 is 17.7 Å². The first kappa shape index (κ1) is 19.5. The number of nitrogens with zero attached hydrogens (tertiary/aromatic N) is 1. The summed E-state index contributed by atoms with van der Waals surface area (Å²) in [4.78, 5) is 27.6. The van der Waals surface area contributed by atoms with Crippen molar-refractivity contribution in [3.05, 3.63) is 70.3 Å². The van der Waals surface area contributed by atoms with Crippen molar-refractivity contribution in [1.82, 2.24) is 4.90 Å². The van der Waals surface area contributed by atoms with Gasteiger partial charge >= 0.3 is 0 Å². The number of likely N-dealkylation sites (tertiary alicyclic amines) is 1. The van der Waals surface area contributed by atoms with Gasteiger partial charge in [0.25, 0.3) is 11.7 Å². The highest BCUT2D eigenvalue weighted by molar-refractivity contribution is 6.46. The number of methoxy groups -OCH3 is 1. The van der Waals surface area contributed by atoms with E-state index in [2.05, 4.69) is 0 Å². The molecular formula is C23H22ClNO4. The molecule has 0 bridgehead atoms. The number of hydrogen-bond acceptors (Lipinski definition) is 4. The molecule has 2 aromatic carbocycles. The molecule has 0 aromatic heterocycles. The SMILES string of the molecule is COc1ccc(/C(O)=C2/C(=O)C(=O)N(C3CCCC3)C2c2ccc(Cl)cc2)cc1. The first-order valence-electron chi connectivity index (χ1n) is 9.71. The molecule has 1 atom stereocenters. The zero-order chi connectivity index (χ0) is 20.5. The van der Waals surface area contributed by atoms with Crippen LogP contribution in [0.15, 0.2) is 54.1 Å². The third-order valence-electron chi connectivity index (χ3n) is 5.75. The molecule has 0 radical (unpaired) electrons. The number of carbonyl (C=O) groups is 2. The Labute approximate surface area is 174 Å². The van der Waals surface area contributed by atoms with Gasteiger partial charge in [-0.15, -0.1) is 0 Å². The molecule has 1 saturated carbocycles. The number of aliphatic hydroxyl groups is 1. The Morgan fingerprint density at radius 1 is 1.03 bits per heavy atom. The van der Waals surface area contributed by atoms with Gasteiger partial charge in [0, 0.05) is 16.6 Å². The van der Waals surface area contributed by atoms with Crippen molar-refractivity contribution < 1.29 is 19.4 Å². The summed E-state index contributed by atoms with van der Waals surface area (Å²) in [6.45, 7) is 0. The van der Waals surface area contributed by atoms with E-state index in [9.17, 15) is 14.7 Å². The van der Waals surface area contributed by atoms with E-state index >= 15 is 0 Å². The van der Waals surface area contributed by atoms with Crippen LogP contribution in [0.3, 0.4) is 0 Å². The molecule has 1 unspecified atom stereocenters. The lowest BCUT2D eigenvalue weighted by Crippen LogP contribution is -2.37. The molecule has 1 amide bonds. The second-order valence-electron chi connectivity index (χ2n) is 7.42. The Balaban J connectivity index is 1.85. The third kappa shape index (κ3) is 3.51. The molecular weight excluding hydrogens is 390 g/mol. The Morgan fingerprint density at radius 2 is 1.66 bits per heavy atom. The van der Waals surface area contributed by atoms with Crippen molar-refractivity contribution in [3.8, 4) is 5.75 Å². The van der Waals surface area contributed by atoms with E-state index in [4.69, 9.17) is 16.3 Å². The van der Waals surface area contributed by atoms with Crippen molar-refractivity contribution in [2.24, 2.45) is 0 Å². The van der Waals surface area contributed by atoms with E-state index in [1.807, 2.05) is 12.1 Å². The Kier molecular flexibility index (Phi) is 5.33. The summed E-state index contributed by atoms with van der Waals surface area (Å²) < 4.78 is 5.16. The van der Waals surface area contributed by atoms with Crippen molar-refractivity contribution in [3.63, 3.8) is 0 Å². The molecule has 4 rings (SSSR count). The molecule has 0 spiro atoms. The van der Waals surface area contributed by atoms with Crippen molar-refractivity contribution in [1.29, 1.82) is 0 Å². The monoisotopic (exact) mass is 411 g/mol. The second-order valence-corrected chi connectivity index (χ2v) is 7.86. The van der Waals surface area contributed by atoms with Gasteiger partial charge in [0.05, 0.1) is 18.7 Å². The van der Waals surface area contributed by atoms with Gasteiger partial charge < -0.3 is 14.7 Å². The maximum atomic E-state index is 13.0. The van der Waals surface area contributed by atoms with Crippen LogP contribution in [0, 0.1) is 0 Å². The molecule has 2 fully saturated rings. The maximum absolute atomic E-state index is 13.0. The third-order valence-corrected chi connectivity index (χ3v) is 6.00. The van der Waals surface area contributed by atoms with Crippen LogP contribution in [0.25, 0.3) is 5.76 Å². The summed E-state index contributed by atoms with van der Waals surface area (Å²) in [7, 11) is 1.56. The number of benzene rings is 2. The van der Waals surface area contributed by atoms with Crippen LogP contribution >= 0.6 is 11.6 Å². The van der Waals surface area contributed by atoms with Crippen LogP contribution in [0.4, 0.5) is 0 Å². The Hall–Kier alpha value is -2.79. The number of ether oxygens (including phenoxy) is 1. The van der Waals surface area contributed by atoms with Crippen LogP contribution in [-0.2, 0) is 9.59 Å². The number of ketones is 1. The van der Waals surface area contributed by atoms with Crippen molar-refractivity contribution in [2.75, 3.05) is 7.11 Å². The highest BCUT2D eigenvalue weighted by atomic mass is 35.5. The molecule has 5 nitrogen and oxygen atoms in total. The molecule has 29 heavy (non-hydrogen) atoms. The molecule has 2 aliphatic rings. The molecule has 6 heteroatoms. The minimum Gasteiger partial charge on any atom is -0.507 e. The summed E-state index contributed by atoms with van der Waals surface area (Å²) in [6, 6.07) is 13.2. The highest BCUT2D eigenvalue weighted by Crippen LogP contribution is 2.43. The smallest absolute Gasteiger partial charge is 0.295 e. The molecule has 1 saturated heterocycles. The van der Waals surface area contributed by atoms with Gasteiger partial charge in [0.15, 0.2) is 0 Å². The fourth-order valence-electron chi connectivity index (χ4n) is 4.29. The Morgan fingerprint density at radius 3 is 2.24 bits per heavy atom. The van der Waals surface area contributed by atoms with Gasteiger partial charge in [0.2, 0.25) is 0 Å². The number of hydrogen-bond donors (Lipinski definition) is 1. The van der Waals surface area contributed by atoms with Crippen LogP contribution < -0.4 is 4.74 Å². The van der Waals surface area contributed by atoms with Crippen LogP contribution in [-0.4, -0.2) is 34.8 Å². The number of aliphatic hydroxyl groups excluding tert-OH is 1. The number of amides is 1. The van der Waals surface area contributed by atoms with Crippen LogP contribution in [0.5, 0.6) is 5.75 Å². The van der Waals surface area contributed by atoms with Gasteiger partial charge in [-0.1, -0.05) is 36.6 Å². The summed E-state index contributed by atoms with van der Waals surface area (Å²) in [5, 5.41) is 11.6. The average molecular weight is 412 g/mol.